The van der Waals surface area contributed by atoms with Crippen LogP contribution in [0.4, 0.5) is 0 Å². The summed E-state index contributed by atoms with van der Waals surface area (Å²) in [6.07, 6.45) is 0. The summed E-state index contributed by atoms with van der Waals surface area (Å²) in [7, 11) is 0. The molecule has 0 fully saturated rings. The van der Waals surface area contributed by atoms with Gasteiger partial charge in [-0.25, -0.2) is 0 Å². The van der Waals surface area contributed by atoms with E-state index in [4.69, 9.17) is 0 Å². The molecule has 0 aliphatic heterocycles. The van der Waals surface area contributed by atoms with Gasteiger partial charge in [-0.05, 0) is 27.7 Å². The molecule has 0 aliphatic rings. The summed E-state index contributed by atoms with van der Waals surface area (Å²) in [6.45, 7) is 7.28. The third-order valence-corrected chi connectivity index (χ3v) is 0.500. The fourth-order valence-electron chi connectivity index (χ4n) is 0. The normalized spacial score (nSPS) is 3.50. The van der Waals surface area contributed by atoms with Crippen LogP contribution in [-0.4, -0.2) is 0 Å². The predicted octanol–water partition coefficient (Wildman–Crippen LogP) is 2.06. The molecule has 0 aromatic rings. The van der Waals surface area contributed by atoms with Crippen molar-refractivity contribution in [1.29, 1.82) is 0 Å². The minimum atomic E-state index is 1.82. The van der Waals surface area contributed by atoms with Gasteiger partial charge in [0.05, 0.1) is 0 Å². The first-order valence-corrected chi connectivity index (χ1v) is 2.50. The van der Waals surface area contributed by atoms with Crippen molar-refractivity contribution < 1.29 is 0 Å². The van der Waals surface area contributed by atoms with Crippen LogP contribution >= 0.6 is 0 Å². The fraction of sp³-hybridized carbons (Fsp3) is 0.500. The van der Waals surface area contributed by atoms with Crippen molar-refractivity contribution in [3.8, 4) is 23.7 Å². The first-order valence-electron chi connectivity index (χ1n) is 2.50. The fourth-order valence-corrected chi connectivity index (χ4v) is 0. The lowest BCUT2D eigenvalue weighted by atomic mass is 10.7. The molecule has 0 saturated heterocycles. The standard InChI is InChI=1S/2C4H6/c2*1-3-4-2/h2*1-2H3. The van der Waals surface area contributed by atoms with E-state index in [0.29, 0.717) is 0 Å². The Hall–Kier alpha value is -0.880. The molecule has 0 aliphatic carbocycles. The molecule has 0 spiro atoms. The molecule has 8 heavy (non-hydrogen) atoms. The maximum atomic E-state index is 2.68. The van der Waals surface area contributed by atoms with Crippen molar-refractivity contribution in [3.05, 3.63) is 0 Å². The molecule has 0 unspecified atom stereocenters. The van der Waals surface area contributed by atoms with Crippen LogP contribution in [0, 0.1) is 23.7 Å². The van der Waals surface area contributed by atoms with Crippen LogP contribution in [0.3, 0.4) is 0 Å². The summed E-state index contributed by atoms with van der Waals surface area (Å²) in [5.41, 5.74) is 0. The van der Waals surface area contributed by atoms with E-state index in [0.717, 1.165) is 0 Å². The van der Waals surface area contributed by atoms with Gasteiger partial charge in [0, 0.05) is 0 Å². The molecule has 0 heterocycles. The Morgan fingerprint density at radius 2 is 0.625 bits per heavy atom. The summed E-state index contributed by atoms with van der Waals surface area (Å²) >= 11 is 0. The van der Waals surface area contributed by atoms with Crippen molar-refractivity contribution in [1.82, 2.24) is 0 Å². The van der Waals surface area contributed by atoms with Crippen molar-refractivity contribution in [2.45, 2.75) is 27.7 Å². The lowest BCUT2D eigenvalue weighted by Crippen LogP contribution is -1.28. The van der Waals surface area contributed by atoms with Crippen LogP contribution in [0.25, 0.3) is 0 Å². The summed E-state index contributed by atoms with van der Waals surface area (Å²) in [4.78, 5) is 0. The highest BCUT2D eigenvalue weighted by molar-refractivity contribution is 4.89. The lowest BCUT2D eigenvalue weighted by Gasteiger charge is -1.40. The van der Waals surface area contributed by atoms with E-state index in [1.165, 1.54) is 0 Å². The Morgan fingerprint density at radius 1 is 0.500 bits per heavy atom. The Kier molecular flexibility index (Phi) is 21.0. The monoisotopic (exact) mass is 108 g/mol. The molecule has 0 rings (SSSR count). The average Bonchev–Trinajstić information content (AvgIpc) is 1.88. The molecule has 0 amide bonds. The van der Waals surface area contributed by atoms with Gasteiger partial charge >= 0.3 is 0 Å². The number of hydrogen-bond acceptors (Lipinski definition) is 0. The third-order valence-electron chi connectivity index (χ3n) is 0.500. The predicted molar refractivity (Wildman–Crippen MR) is 38.2 cm³/mol. The van der Waals surface area contributed by atoms with E-state index in [2.05, 4.69) is 23.7 Å². The van der Waals surface area contributed by atoms with Crippen molar-refractivity contribution in [3.63, 3.8) is 0 Å². The summed E-state index contributed by atoms with van der Waals surface area (Å²) < 4.78 is 0. The van der Waals surface area contributed by atoms with Gasteiger partial charge in [0.1, 0.15) is 0 Å². The van der Waals surface area contributed by atoms with E-state index >= 15 is 0 Å². The number of rotatable bonds is 0. The summed E-state index contributed by atoms with van der Waals surface area (Å²) in [5.74, 6) is 10.7. The third kappa shape index (κ3) is 69.3. The smallest absolute Gasteiger partial charge is 0.00271 e. The van der Waals surface area contributed by atoms with Gasteiger partial charge in [-0.3, -0.25) is 0 Å². The Bertz CT molecular complexity index is 91.6. The van der Waals surface area contributed by atoms with Crippen molar-refractivity contribution in [2.75, 3.05) is 0 Å². The highest BCUT2D eigenvalue weighted by Crippen LogP contribution is 1.39. The van der Waals surface area contributed by atoms with Gasteiger partial charge < -0.3 is 0 Å². The van der Waals surface area contributed by atoms with Crippen LogP contribution in [-0.2, 0) is 0 Å². The maximum Gasteiger partial charge on any atom is -0.00271 e. The molecule has 0 bridgehead atoms. The van der Waals surface area contributed by atoms with Crippen molar-refractivity contribution in [2.24, 2.45) is 0 Å². The maximum absolute atomic E-state index is 2.68. The molecular formula is C8H12. The van der Waals surface area contributed by atoms with Gasteiger partial charge in [-0.1, -0.05) is 0 Å². The van der Waals surface area contributed by atoms with E-state index in [-0.39, 0.29) is 0 Å². The van der Waals surface area contributed by atoms with E-state index < -0.39 is 0 Å². The SMILES string of the molecule is CC#CC.CC#CC. The van der Waals surface area contributed by atoms with E-state index in [1.807, 2.05) is 27.7 Å². The van der Waals surface area contributed by atoms with Gasteiger partial charge in [0.15, 0.2) is 0 Å². The molecule has 0 N–H and O–H groups in total. The molecule has 0 nitrogen and oxygen atoms in total. The zero-order valence-electron chi connectivity index (χ0n) is 6.00. The number of hydrogen-bond donors (Lipinski definition) is 0. The van der Waals surface area contributed by atoms with Crippen LogP contribution in [0.1, 0.15) is 27.7 Å². The first-order chi connectivity index (χ1) is 3.83. The molecule has 0 aromatic heterocycles. The van der Waals surface area contributed by atoms with Crippen LogP contribution in [0.15, 0.2) is 0 Å². The minimum absolute atomic E-state index is 1.82. The lowest BCUT2D eigenvalue weighted by molar-refractivity contribution is 1.83. The topological polar surface area (TPSA) is 0 Å². The molecule has 0 heteroatoms. The second kappa shape index (κ2) is 16.5. The second-order valence-electron chi connectivity index (χ2n) is 1.00. The van der Waals surface area contributed by atoms with Crippen LogP contribution < -0.4 is 0 Å². The van der Waals surface area contributed by atoms with Gasteiger partial charge in [0.2, 0.25) is 0 Å². The largest absolute Gasteiger partial charge is 0.107 e. The zero-order chi connectivity index (χ0) is 6.83. The average molecular weight is 108 g/mol. The van der Waals surface area contributed by atoms with Crippen LogP contribution in [0.2, 0.25) is 0 Å². The van der Waals surface area contributed by atoms with Crippen molar-refractivity contribution >= 4 is 0 Å². The Morgan fingerprint density at radius 3 is 0.625 bits per heavy atom. The van der Waals surface area contributed by atoms with E-state index in [1.54, 1.807) is 0 Å². The highest BCUT2D eigenvalue weighted by Gasteiger charge is 1.27. The molecule has 0 atom stereocenters. The summed E-state index contributed by atoms with van der Waals surface area (Å²) in [6, 6.07) is 0. The molecule has 44 valence electrons. The quantitative estimate of drug-likeness (QED) is 0.417. The summed E-state index contributed by atoms with van der Waals surface area (Å²) in [5, 5.41) is 0. The van der Waals surface area contributed by atoms with Gasteiger partial charge in [-0.2, -0.15) is 0 Å². The van der Waals surface area contributed by atoms with Gasteiger partial charge in [-0.15, -0.1) is 23.7 Å². The van der Waals surface area contributed by atoms with Crippen LogP contribution in [0.5, 0.6) is 0 Å². The second-order valence-corrected chi connectivity index (χ2v) is 1.00. The highest BCUT2D eigenvalue weighted by atomic mass is 13.3. The molecule has 0 radical (unpaired) electrons. The Labute approximate surface area is 52.3 Å². The molecule has 0 saturated carbocycles. The zero-order valence-corrected chi connectivity index (χ0v) is 6.00. The molecule has 0 aromatic carbocycles. The minimum Gasteiger partial charge on any atom is -0.107 e. The first kappa shape index (κ1) is 10.2. The van der Waals surface area contributed by atoms with Gasteiger partial charge in [0.25, 0.3) is 0 Å². The van der Waals surface area contributed by atoms with E-state index in [9.17, 15) is 0 Å². The Balaban J connectivity index is 0. The molecular weight excluding hydrogens is 96.1 g/mol.